The number of carbonyl (C=O) groups is 1. The molecule has 1 amide bonds. The second-order valence-electron chi connectivity index (χ2n) is 7.28. The maximum absolute atomic E-state index is 12.8. The van der Waals surface area contributed by atoms with Crippen molar-refractivity contribution in [1.82, 2.24) is 4.90 Å². The number of nitrogens with zero attached hydrogens (tertiary/aromatic N) is 2. The van der Waals surface area contributed by atoms with Gasteiger partial charge in [0, 0.05) is 28.9 Å². The first-order valence-corrected chi connectivity index (χ1v) is 10.2. The highest BCUT2D eigenvalue weighted by Gasteiger charge is 2.29. The first-order chi connectivity index (χ1) is 13.7. The molecule has 29 heavy (non-hydrogen) atoms. The Morgan fingerprint density at radius 1 is 1.03 bits per heavy atom. The number of methoxy groups -OCH3 is 1. The summed E-state index contributed by atoms with van der Waals surface area (Å²) in [4.78, 5) is 17.0. The number of ether oxygens (including phenoxy) is 2. The largest absolute Gasteiger partial charge is 0.493 e. The molecule has 0 radical (unpaired) electrons. The van der Waals surface area contributed by atoms with Gasteiger partial charge in [0.15, 0.2) is 11.5 Å². The average molecular weight is 437 g/mol. The van der Waals surface area contributed by atoms with Crippen LogP contribution in [0.25, 0.3) is 0 Å². The molecule has 1 saturated heterocycles. The molecule has 0 unspecified atom stereocenters. The third-order valence-corrected chi connectivity index (χ3v) is 5.68. The molecule has 0 bridgehead atoms. The lowest BCUT2D eigenvalue weighted by atomic mass is 10.1. The minimum Gasteiger partial charge on any atom is -0.493 e. The number of amides is 1. The van der Waals surface area contributed by atoms with E-state index in [1.807, 2.05) is 30.3 Å². The summed E-state index contributed by atoms with van der Waals surface area (Å²) in [6, 6.07) is 11.1. The number of fused-ring (bicyclic) bond motifs is 1. The molecule has 2 aromatic carbocycles. The third kappa shape index (κ3) is 4.80. The fraction of sp³-hybridized carbons (Fsp3) is 0.409. The summed E-state index contributed by atoms with van der Waals surface area (Å²) in [5.41, 5.74) is 2.44. The van der Waals surface area contributed by atoms with Crippen molar-refractivity contribution >= 4 is 35.6 Å². The molecule has 0 aliphatic carbocycles. The van der Waals surface area contributed by atoms with Crippen LogP contribution in [0.3, 0.4) is 0 Å². The van der Waals surface area contributed by atoms with Crippen LogP contribution >= 0.6 is 24.0 Å². The molecular weight excluding hydrogens is 411 g/mol. The molecular formula is C22H26Cl2N2O3. The summed E-state index contributed by atoms with van der Waals surface area (Å²) in [6.07, 6.45) is 3.85. The van der Waals surface area contributed by atoms with Gasteiger partial charge < -0.3 is 14.4 Å². The predicted octanol–water partition coefficient (Wildman–Crippen LogP) is 4.80. The Balaban J connectivity index is 0.00000240. The van der Waals surface area contributed by atoms with Crippen molar-refractivity contribution in [2.75, 3.05) is 38.3 Å². The lowest BCUT2D eigenvalue weighted by Crippen LogP contribution is -2.33. The summed E-state index contributed by atoms with van der Waals surface area (Å²) >= 11 is 6.06. The van der Waals surface area contributed by atoms with Gasteiger partial charge in [0.25, 0.3) is 5.91 Å². The zero-order valence-corrected chi connectivity index (χ0v) is 18.1. The van der Waals surface area contributed by atoms with Crippen LogP contribution in [-0.4, -0.2) is 44.2 Å². The number of benzene rings is 2. The number of carbonyl (C=O) groups excluding carboxylic acids is 1. The fourth-order valence-corrected chi connectivity index (χ4v) is 4.07. The van der Waals surface area contributed by atoms with Crippen LogP contribution in [0.2, 0.25) is 5.02 Å². The van der Waals surface area contributed by atoms with Gasteiger partial charge in [-0.1, -0.05) is 24.1 Å². The van der Waals surface area contributed by atoms with Gasteiger partial charge in [-0.3, -0.25) is 9.69 Å². The highest BCUT2D eigenvalue weighted by atomic mass is 35.5. The van der Waals surface area contributed by atoms with Gasteiger partial charge in [-0.15, -0.1) is 12.4 Å². The Morgan fingerprint density at radius 3 is 2.59 bits per heavy atom. The second-order valence-corrected chi connectivity index (χ2v) is 7.72. The Kier molecular flexibility index (Phi) is 7.28. The standard InChI is InChI=1S/C22H25ClN2O3.ClH/c1-27-20-8-7-18(14-21(20)28-12-11-24-9-3-2-4-10-24)25-15-16-5-6-17(23)13-19(16)22(25)26;/h5-8,13-14H,2-4,9-12,15H2,1H3;1H. The number of hydrogen-bond acceptors (Lipinski definition) is 4. The smallest absolute Gasteiger partial charge is 0.258 e. The molecule has 7 heteroatoms. The summed E-state index contributed by atoms with van der Waals surface area (Å²) in [5.74, 6) is 1.30. The Labute approximate surface area is 182 Å². The monoisotopic (exact) mass is 436 g/mol. The maximum atomic E-state index is 12.8. The van der Waals surface area contributed by atoms with Crippen molar-refractivity contribution in [3.63, 3.8) is 0 Å². The van der Waals surface area contributed by atoms with Crippen LogP contribution in [-0.2, 0) is 6.54 Å². The lowest BCUT2D eigenvalue weighted by Gasteiger charge is -2.26. The molecule has 2 aromatic rings. The minimum absolute atomic E-state index is 0. The summed E-state index contributed by atoms with van der Waals surface area (Å²) in [5, 5.41) is 0.574. The first-order valence-electron chi connectivity index (χ1n) is 9.79. The Hall–Kier alpha value is -1.95. The molecule has 2 aliphatic rings. The highest BCUT2D eigenvalue weighted by molar-refractivity contribution is 6.31. The van der Waals surface area contributed by atoms with Crippen LogP contribution in [0.5, 0.6) is 11.5 Å². The molecule has 2 aliphatic heterocycles. The van der Waals surface area contributed by atoms with E-state index in [0.717, 1.165) is 30.9 Å². The topological polar surface area (TPSA) is 42.0 Å². The molecule has 0 spiro atoms. The molecule has 5 nitrogen and oxygen atoms in total. The number of piperidine rings is 1. The number of rotatable bonds is 6. The van der Waals surface area contributed by atoms with Crippen LogP contribution in [0, 0.1) is 0 Å². The lowest BCUT2D eigenvalue weighted by molar-refractivity contribution is 0.0996. The van der Waals surface area contributed by atoms with E-state index in [0.29, 0.717) is 35.2 Å². The average Bonchev–Trinajstić information content (AvgIpc) is 3.05. The molecule has 156 valence electrons. The third-order valence-electron chi connectivity index (χ3n) is 5.45. The summed E-state index contributed by atoms with van der Waals surface area (Å²) in [6.45, 7) is 4.32. The Morgan fingerprint density at radius 2 is 1.83 bits per heavy atom. The van der Waals surface area contributed by atoms with E-state index in [9.17, 15) is 4.79 Å². The SMILES string of the molecule is COc1ccc(N2Cc3ccc(Cl)cc3C2=O)cc1OCCN1CCCCC1.Cl. The van der Waals surface area contributed by atoms with Gasteiger partial charge in [-0.2, -0.15) is 0 Å². The molecule has 0 saturated carbocycles. The van der Waals surface area contributed by atoms with Gasteiger partial charge in [-0.25, -0.2) is 0 Å². The molecule has 1 fully saturated rings. The van der Waals surface area contributed by atoms with Gasteiger partial charge >= 0.3 is 0 Å². The van der Waals surface area contributed by atoms with Crippen LogP contribution in [0.4, 0.5) is 5.69 Å². The maximum Gasteiger partial charge on any atom is 0.258 e. The van der Waals surface area contributed by atoms with E-state index in [4.69, 9.17) is 21.1 Å². The van der Waals surface area contributed by atoms with Crippen LogP contribution in [0.15, 0.2) is 36.4 Å². The van der Waals surface area contributed by atoms with Gasteiger partial charge in [0.05, 0.1) is 13.7 Å². The number of likely N-dealkylation sites (tertiary alicyclic amines) is 1. The first kappa shape index (κ1) is 21.8. The van der Waals surface area contributed by atoms with Crippen molar-refractivity contribution in [3.8, 4) is 11.5 Å². The number of halogens is 2. The van der Waals surface area contributed by atoms with Crippen molar-refractivity contribution in [3.05, 3.63) is 52.5 Å². The summed E-state index contributed by atoms with van der Waals surface area (Å²) < 4.78 is 11.5. The van der Waals surface area contributed by atoms with E-state index >= 15 is 0 Å². The molecule has 0 aromatic heterocycles. The summed E-state index contributed by atoms with van der Waals surface area (Å²) in [7, 11) is 1.63. The van der Waals surface area contributed by atoms with Crippen LogP contribution < -0.4 is 14.4 Å². The van der Waals surface area contributed by atoms with E-state index in [1.54, 1.807) is 18.1 Å². The number of hydrogen-bond donors (Lipinski definition) is 0. The highest BCUT2D eigenvalue weighted by Crippen LogP contribution is 2.36. The molecule has 4 rings (SSSR count). The van der Waals surface area contributed by atoms with Crippen molar-refractivity contribution in [1.29, 1.82) is 0 Å². The molecule has 2 heterocycles. The van der Waals surface area contributed by atoms with Gasteiger partial charge in [-0.05, 0) is 55.8 Å². The molecule has 0 atom stereocenters. The van der Waals surface area contributed by atoms with Crippen LogP contribution in [0.1, 0.15) is 35.2 Å². The second kappa shape index (κ2) is 9.70. The van der Waals surface area contributed by atoms with Crippen molar-refractivity contribution in [2.45, 2.75) is 25.8 Å². The zero-order chi connectivity index (χ0) is 19.5. The van der Waals surface area contributed by atoms with E-state index in [-0.39, 0.29) is 18.3 Å². The minimum atomic E-state index is -0.0399. The number of anilines is 1. The van der Waals surface area contributed by atoms with E-state index in [1.165, 1.54) is 19.3 Å². The zero-order valence-electron chi connectivity index (χ0n) is 16.5. The Bertz CT molecular complexity index is 869. The normalized spacial score (nSPS) is 16.3. The molecule has 0 N–H and O–H groups in total. The van der Waals surface area contributed by atoms with Gasteiger partial charge in [0.2, 0.25) is 0 Å². The van der Waals surface area contributed by atoms with Crippen molar-refractivity contribution < 1.29 is 14.3 Å². The predicted molar refractivity (Wildman–Crippen MR) is 118 cm³/mol. The van der Waals surface area contributed by atoms with E-state index < -0.39 is 0 Å². The van der Waals surface area contributed by atoms with Gasteiger partial charge in [0.1, 0.15) is 6.61 Å². The quantitative estimate of drug-likeness (QED) is 0.652. The van der Waals surface area contributed by atoms with Crippen molar-refractivity contribution in [2.24, 2.45) is 0 Å². The fourth-order valence-electron chi connectivity index (χ4n) is 3.90. The van der Waals surface area contributed by atoms with E-state index in [2.05, 4.69) is 4.90 Å².